The highest BCUT2D eigenvalue weighted by atomic mass is 35.5. The Kier molecular flexibility index (Phi) is 4.76. The quantitative estimate of drug-likeness (QED) is 0.924. The van der Waals surface area contributed by atoms with Crippen LogP contribution in [0.2, 0.25) is 10.0 Å². The topological polar surface area (TPSA) is 38.7 Å². The summed E-state index contributed by atoms with van der Waals surface area (Å²) in [4.78, 5) is 0. The maximum absolute atomic E-state index is 10.4. The lowest BCUT2D eigenvalue weighted by Crippen LogP contribution is -2.02. The van der Waals surface area contributed by atoms with Gasteiger partial charge in [-0.1, -0.05) is 35.3 Å². The minimum absolute atomic E-state index is 0.408. The number of rotatable bonds is 4. The van der Waals surface area contributed by atoms with Crippen LogP contribution >= 0.6 is 23.2 Å². The number of hydrogen-bond acceptors (Lipinski definition) is 3. The van der Waals surface area contributed by atoms with Gasteiger partial charge in [0, 0.05) is 16.7 Å². The van der Waals surface area contributed by atoms with Crippen molar-refractivity contribution >= 4 is 23.2 Å². The number of hydrogen-bond donors (Lipinski definition) is 1. The van der Waals surface area contributed by atoms with E-state index in [9.17, 15) is 5.11 Å². The summed E-state index contributed by atoms with van der Waals surface area (Å²) < 4.78 is 10.4. The average molecular weight is 313 g/mol. The van der Waals surface area contributed by atoms with Crippen LogP contribution in [-0.4, -0.2) is 19.3 Å². The van der Waals surface area contributed by atoms with E-state index in [0.717, 1.165) is 0 Å². The standard InChI is InChI=1S/C15H14Cl2O3/c1-19-13-7-11(12(17)8-14(13)20-2)15(18)9-3-5-10(16)6-4-9/h3-8,15,18H,1-2H3. The zero-order chi connectivity index (χ0) is 14.7. The summed E-state index contributed by atoms with van der Waals surface area (Å²) >= 11 is 12.0. The Bertz CT molecular complexity index is 597. The molecule has 20 heavy (non-hydrogen) atoms. The Morgan fingerprint density at radius 2 is 1.50 bits per heavy atom. The van der Waals surface area contributed by atoms with Gasteiger partial charge in [0.25, 0.3) is 0 Å². The van der Waals surface area contributed by atoms with Crippen LogP contribution in [0.4, 0.5) is 0 Å². The molecule has 0 fully saturated rings. The molecule has 0 saturated heterocycles. The van der Waals surface area contributed by atoms with Gasteiger partial charge in [0.2, 0.25) is 0 Å². The van der Waals surface area contributed by atoms with E-state index in [4.69, 9.17) is 32.7 Å². The molecule has 106 valence electrons. The summed E-state index contributed by atoms with van der Waals surface area (Å²) in [5, 5.41) is 11.4. The molecule has 1 N–H and O–H groups in total. The van der Waals surface area contributed by atoms with E-state index in [2.05, 4.69) is 0 Å². The Hall–Kier alpha value is -1.42. The molecule has 0 heterocycles. The van der Waals surface area contributed by atoms with Gasteiger partial charge in [-0.2, -0.15) is 0 Å². The first-order chi connectivity index (χ1) is 9.56. The van der Waals surface area contributed by atoms with E-state index in [1.807, 2.05) is 0 Å². The number of aliphatic hydroxyl groups excluding tert-OH is 1. The van der Waals surface area contributed by atoms with E-state index in [1.165, 1.54) is 14.2 Å². The molecule has 0 spiro atoms. The molecule has 0 aliphatic rings. The van der Waals surface area contributed by atoms with E-state index in [0.29, 0.717) is 32.7 Å². The molecule has 0 bridgehead atoms. The molecule has 1 unspecified atom stereocenters. The van der Waals surface area contributed by atoms with Crippen molar-refractivity contribution < 1.29 is 14.6 Å². The molecule has 0 saturated carbocycles. The highest BCUT2D eigenvalue weighted by Crippen LogP contribution is 2.37. The van der Waals surface area contributed by atoms with Crippen molar-refractivity contribution in [2.45, 2.75) is 6.10 Å². The van der Waals surface area contributed by atoms with Gasteiger partial charge in [-0.05, 0) is 23.8 Å². The van der Waals surface area contributed by atoms with Crippen molar-refractivity contribution in [2.24, 2.45) is 0 Å². The number of ether oxygens (including phenoxy) is 2. The lowest BCUT2D eigenvalue weighted by Gasteiger charge is -2.16. The summed E-state index contributed by atoms with van der Waals surface area (Å²) in [6.45, 7) is 0. The minimum Gasteiger partial charge on any atom is -0.493 e. The monoisotopic (exact) mass is 312 g/mol. The fraction of sp³-hybridized carbons (Fsp3) is 0.200. The van der Waals surface area contributed by atoms with E-state index < -0.39 is 6.10 Å². The molecular formula is C15H14Cl2O3. The lowest BCUT2D eigenvalue weighted by atomic mass is 10.0. The molecule has 5 heteroatoms. The highest BCUT2D eigenvalue weighted by molar-refractivity contribution is 6.31. The molecular weight excluding hydrogens is 299 g/mol. The fourth-order valence-electron chi connectivity index (χ4n) is 1.90. The van der Waals surface area contributed by atoms with Crippen LogP contribution in [0.3, 0.4) is 0 Å². The van der Waals surface area contributed by atoms with Crippen LogP contribution in [0.5, 0.6) is 11.5 Å². The van der Waals surface area contributed by atoms with Crippen LogP contribution in [0.15, 0.2) is 36.4 Å². The second kappa shape index (κ2) is 6.35. The Morgan fingerprint density at radius 1 is 0.950 bits per heavy atom. The maximum atomic E-state index is 10.4. The third-order valence-electron chi connectivity index (χ3n) is 2.98. The van der Waals surface area contributed by atoms with Gasteiger partial charge in [0.05, 0.1) is 19.2 Å². The maximum Gasteiger partial charge on any atom is 0.162 e. The second-order valence-electron chi connectivity index (χ2n) is 4.18. The lowest BCUT2D eigenvalue weighted by molar-refractivity contribution is 0.219. The molecule has 0 aliphatic carbocycles. The molecule has 3 nitrogen and oxygen atoms in total. The van der Waals surface area contributed by atoms with E-state index in [-0.39, 0.29) is 0 Å². The molecule has 1 atom stereocenters. The predicted octanol–water partition coefficient (Wildman–Crippen LogP) is 4.09. The normalized spacial score (nSPS) is 12.1. The first kappa shape index (κ1) is 15.0. The summed E-state index contributed by atoms with van der Waals surface area (Å²) in [6.07, 6.45) is -0.862. The van der Waals surface area contributed by atoms with Crippen LogP contribution in [0.25, 0.3) is 0 Å². The number of halogens is 2. The van der Waals surface area contributed by atoms with Gasteiger partial charge < -0.3 is 14.6 Å². The van der Waals surface area contributed by atoms with Crippen LogP contribution in [0, 0.1) is 0 Å². The Morgan fingerprint density at radius 3 is 2.05 bits per heavy atom. The van der Waals surface area contributed by atoms with Gasteiger partial charge in [0.15, 0.2) is 11.5 Å². The number of aliphatic hydroxyl groups is 1. The zero-order valence-corrected chi connectivity index (χ0v) is 12.6. The third-order valence-corrected chi connectivity index (χ3v) is 3.56. The smallest absolute Gasteiger partial charge is 0.162 e. The minimum atomic E-state index is -0.862. The highest BCUT2D eigenvalue weighted by Gasteiger charge is 2.18. The van der Waals surface area contributed by atoms with Gasteiger partial charge in [-0.3, -0.25) is 0 Å². The second-order valence-corrected chi connectivity index (χ2v) is 5.03. The van der Waals surface area contributed by atoms with Crippen LogP contribution in [0.1, 0.15) is 17.2 Å². The molecule has 2 aromatic rings. The average Bonchev–Trinajstić information content (AvgIpc) is 2.47. The van der Waals surface area contributed by atoms with Gasteiger partial charge in [-0.25, -0.2) is 0 Å². The molecule has 0 radical (unpaired) electrons. The first-order valence-electron chi connectivity index (χ1n) is 5.91. The predicted molar refractivity (Wildman–Crippen MR) is 80.1 cm³/mol. The molecule has 2 rings (SSSR count). The molecule has 2 aromatic carbocycles. The SMILES string of the molecule is COc1cc(Cl)c(C(O)c2ccc(Cl)cc2)cc1OC. The third kappa shape index (κ3) is 3.01. The van der Waals surface area contributed by atoms with Gasteiger partial charge in [-0.15, -0.1) is 0 Å². The molecule has 0 amide bonds. The Labute approximate surface area is 127 Å². The summed E-state index contributed by atoms with van der Waals surface area (Å²) in [6, 6.07) is 10.2. The van der Waals surface area contributed by atoms with E-state index in [1.54, 1.807) is 36.4 Å². The summed E-state index contributed by atoms with van der Waals surface area (Å²) in [7, 11) is 3.06. The van der Waals surface area contributed by atoms with Crippen LogP contribution in [-0.2, 0) is 0 Å². The van der Waals surface area contributed by atoms with Crippen molar-refractivity contribution in [1.82, 2.24) is 0 Å². The summed E-state index contributed by atoms with van der Waals surface area (Å²) in [5.41, 5.74) is 1.25. The van der Waals surface area contributed by atoms with E-state index >= 15 is 0 Å². The van der Waals surface area contributed by atoms with Gasteiger partial charge >= 0.3 is 0 Å². The van der Waals surface area contributed by atoms with Crippen molar-refractivity contribution in [2.75, 3.05) is 14.2 Å². The van der Waals surface area contributed by atoms with Crippen LogP contribution < -0.4 is 9.47 Å². The van der Waals surface area contributed by atoms with Crippen molar-refractivity contribution in [1.29, 1.82) is 0 Å². The van der Waals surface area contributed by atoms with Crippen molar-refractivity contribution in [3.63, 3.8) is 0 Å². The first-order valence-corrected chi connectivity index (χ1v) is 6.67. The fourth-order valence-corrected chi connectivity index (χ4v) is 2.29. The largest absolute Gasteiger partial charge is 0.493 e. The Balaban J connectivity index is 2.43. The van der Waals surface area contributed by atoms with Crippen molar-refractivity contribution in [3.05, 3.63) is 57.6 Å². The molecule has 0 aliphatic heterocycles. The zero-order valence-electron chi connectivity index (χ0n) is 11.1. The molecule has 0 aromatic heterocycles. The van der Waals surface area contributed by atoms with Gasteiger partial charge in [0.1, 0.15) is 6.10 Å². The number of benzene rings is 2. The summed E-state index contributed by atoms with van der Waals surface area (Å²) in [5.74, 6) is 1.03. The number of methoxy groups -OCH3 is 2. The van der Waals surface area contributed by atoms with Crippen molar-refractivity contribution in [3.8, 4) is 11.5 Å².